The number of nitrogens with zero attached hydrogens (tertiary/aromatic N) is 1. The lowest BCUT2D eigenvalue weighted by Gasteiger charge is -2.44. The molecule has 10 nitrogen and oxygen atoms in total. The summed E-state index contributed by atoms with van der Waals surface area (Å²) in [5, 5.41) is 18.1. The van der Waals surface area contributed by atoms with Crippen molar-refractivity contribution in [2.45, 2.75) is 46.3 Å². The Bertz CT molecular complexity index is 1250. The van der Waals surface area contributed by atoms with Crippen LogP contribution in [0, 0.1) is 11.3 Å². The summed E-state index contributed by atoms with van der Waals surface area (Å²) in [6.45, 7) is 5.98. The number of urea groups is 1. The summed E-state index contributed by atoms with van der Waals surface area (Å²) in [4.78, 5) is 51.7. The van der Waals surface area contributed by atoms with E-state index in [0.717, 1.165) is 0 Å². The van der Waals surface area contributed by atoms with Crippen molar-refractivity contribution in [1.29, 1.82) is 0 Å². The zero-order valence-electron chi connectivity index (χ0n) is 20.9. The van der Waals surface area contributed by atoms with Gasteiger partial charge in [-0.3, -0.25) is 14.9 Å². The minimum absolute atomic E-state index is 0.0406. The summed E-state index contributed by atoms with van der Waals surface area (Å²) in [7, 11) is 0. The molecular formula is C26H29N3O7S. The highest BCUT2D eigenvalue weighted by atomic mass is 32.1. The SMILES string of the molecule is C[C@@H](O)[C@H]1C(=O)N2C(C(=O)OCOC(=O)C(C)(C)C)=C(c3cccc(NC(=O)Nc4cccs4)c3)C[C@H]12. The van der Waals surface area contributed by atoms with Gasteiger partial charge < -0.3 is 24.8 Å². The van der Waals surface area contributed by atoms with E-state index in [-0.39, 0.29) is 11.6 Å². The Labute approximate surface area is 218 Å². The predicted molar refractivity (Wildman–Crippen MR) is 137 cm³/mol. The molecule has 1 aromatic carbocycles. The van der Waals surface area contributed by atoms with Crippen molar-refractivity contribution in [3.63, 3.8) is 0 Å². The predicted octanol–water partition coefficient (Wildman–Crippen LogP) is 3.80. The van der Waals surface area contributed by atoms with Crippen LogP contribution in [-0.4, -0.2) is 52.8 Å². The molecule has 11 heteroatoms. The lowest BCUT2D eigenvalue weighted by Crippen LogP contribution is -2.61. The number of anilines is 2. The van der Waals surface area contributed by atoms with Crippen LogP contribution in [0.2, 0.25) is 0 Å². The lowest BCUT2D eigenvalue weighted by atomic mass is 9.82. The average molecular weight is 528 g/mol. The van der Waals surface area contributed by atoms with Crippen LogP contribution in [0.15, 0.2) is 47.5 Å². The highest BCUT2D eigenvalue weighted by molar-refractivity contribution is 7.14. The van der Waals surface area contributed by atoms with Crippen molar-refractivity contribution in [3.8, 4) is 0 Å². The van der Waals surface area contributed by atoms with Gasteiger partial charge in [-0.1, -0.05) is 12.1 Å². The topological polar surface area (TPSA) is 134 Å². The van der Waals surface area contributed by atoms with Crippen LogP contribution in [0.5, 0.6) is 0 Å². The third kappa shape index (κ3) is 5.52. The first-order valence-electron chi connectivity index (χ1n) is 11.8. The van der Waals surface area contributed by atoms with E-state index < -0.39 is 48.2 Å². The summed E-state index contributed by atoms with van der Waals surface area (Å²) in [6.07, 6.45) is -0.565. The van der Waals surface area contributed by atoms with Gasteiger partial charge in [0.1, 0.15) is 5.70 Å². The summed E-state index contributed by atoms with van der Waals surface area (Å²) >= 11 is 1.39. The summed E-state index contributed by atoms with van der Waals surface area (Å²) in [5.41, 5.74) is 0.906. The molecule has 0 bridgehead atoms. The standard InChI is InChI=1S/C26H29N3O7S/c1-14(30)20-18-12-17(15-7-5-8-16(11-15)27-25(34)28-19-9-6-10-37-19)21(29(18)22(20)31)23(32)35-13-36-24(33)26(2,3)4/h5-11,14,18,20,30H,12-13H2,1-4H3,(H2,27,28,34)/t14-,18-,20-/m1/s1. The minimum Gasteiger partial charge on any atom is -0.427 e. The van der Waals surface area contributed by atoms with Gasteiger partial charge in [-0.05, 0) is 74.9 Å². The largest absolute Gasteiger partial charge is 0.427 e. The van der Waals surface area contributed by atoms with Crippen molar-refractivity contribution < 1.29 is 33.8 Å². The molecule has 0 radical (unpaired) electrons. The van der Waals surface area contributed by atoms with Gasteiger partial charge in [0.25, 0.3) is 0 Å². The van der Waals surface area contributed by atoms with Crippen LogP contribution >= 0.6 is 11.3 Å². The monoisotopic (exact) mass is 527 g/mol. The smallest absolute Gasteiger partial charge is 0.358 e. The Hall–Kier alpha value is -3.70. The minimum atomic E-state index is -0.882. The summed E-state index contributed by atoms with van der Waals surface area (Å²) in [6, 6.07) is 9.66. The number of hydrogen-bond donors (Lipinski definition) is 3. The molecule has 0 spiro atoms. The first-order valence-corrected chi connectivity index (χ1v) is 12.7. The number of hydrogen-bond acceptors (Lipinski definition) is 8. The number of aliphatic hydroxyl groups excluding tert-OH is 1. The molecule has 3 amide bonds. The number of thiophene rings is 1. The van der Waals surface area contributed by atoms with Crippen LogP contribution in [0.1, 0.15) is 39.7 Å². The maximum atomic E-state index is 13.1. The highest BCUT2D eigenvalue weighted by Crippen LogP contribution is 2.47. The molecular weight excluding hydrogens is 498 g/mol. The van der Waals surface area contributed by atoms with Gasteiger partial charge in [0, 0.05) is 5.69 Å². The maximum absolute atomic E-state index is 13.1. The number of β-lactam (4-membered cyclic amide) rings is 1. The molecule has 4 rings (SSSR count). The molecule has 196 valence electrons. The molecule has 0 saturated carbocycles. The first-order chi connectivity index (χ1) is 17.5. The third-order valence-electron chi connectivity index (χ3n) is 6.14. The van der Waals surface area contributed by atoms with E-state index in [4.69, 9.17) is 9.47 Å². The number of carbonyl (C=O) groups is 4. The van der Waals surface area contributed by atoms with Crippen LogP contribution < -0.4 is 10.6 Å². The zero-order valence-corrected chi connectivity index (χ0v) is 21.8. The number of carbonyl (C=O) groups excluding carboxylic acids is 4. The summed E-state index contributed by atoms with van der Waals surface area (Å²) in [5.74, 6) is -2.37. The molecule has 2 aliphatic heterocycles. The van der Waals surface area contributed by atoms with Gasteiger partial charge in [-0.25, -0.2) is 9.59 Å². The molecule has 0 aliphatic carbocycles. The number of rotatable bonds is 7. The number of amides is 3. The van der Waals surface area contributed by atoms with E-state index in [9.17, 15) is 24.3 Å². The number of fused-ring (bicyclic) bond motifs is 1. The molecule has 37 heavy (non-hydrogen) atoms. The third-order valence-corrected chi connectivity index (χ3v) is 6.93. The molecule has 1 aromatic heterocycles. The zero-order chi connectivity index (χ0) is 26.9. The molecule has 1 saturated heterocycles. The van der Waals surface area contributed by atoms with E-state index in [1.165, 1.54) is 16.2 Å². The quantitative estimate of drug-likeness (QED) is 0.283. The fraction of sp³-hybridized carbons (Fsp3) is 0.385. The van der Waals surface area contributed by atoms with Crippen molar-refractivity contribution >= 4 is 51.5 Å². The van der Waals surface area contributed by atoms with E-state index >= 15 is 0 Å². The molecule has 1 fully saturated rings. The van der Waals surface area contributed by atoms with Gasteiger partial charge in [0.05, 0.1) is 28.5 Å². The fourth-order valence-corrected chi connectivity index (χ4v) is 4.96. The van der Waals surface area contributed by atoms with Crippen LogP contribution in [-0.2, 0) is 23.9 Å². The van der Waals surface area contributed by atoms with Gasteiger partial charge in [0.15, 0.2) is 0 Å². The molecule has 2 aliphatic rings. The van der Waals surface area contributed by atoms with E-state index in [0.29, 0.717) is 28.2 Å². The van der Waals surface area contributed by atoms with Crippen molar-refractivity contribution in [2.24, 2.45) is 11.3 Å². The number of nitrogens with one attached hydrogen (secondary N) is 2. The van der Waals surface area contributed by atoms with Crippen molar-refractivity contribution in [3.05, 3.63) is 53.0 Å². The molecule has 3 atom stereocenters. The molecule has 3 heterocycles. The number of esters is 2. The first kappa shape index (κ1) is 26.4. The van der Waals surface area contributed by atoms with E-state index in [1.807, 2.05) is 11.4 Å². The second kappa shape index (κ2) is 10.3. The fourth-order valence-electron chi connectivity index (χ4n) is 4.35. The number of benzene rings is 1. The molecule has 0 unspecified atom stereocenters. The Morgan fingerprint density at radius 2 is 1.92 bits per heavy atom. The van der Waals surface area contributed by atoms with Crippen molar-refractivity contribution in [2.75, 3.05) is 17.4 Å². The average Bonchev–Trinajstić information content (AvgIpc) is 3.44. The van der Waals surface area contributed by atoms with Gasteiger partial charge in [-0.15, -0.1) is 11.3 Å². The lowest BCUT2D eigenvalue weighted by molar-refractivity contribution is -0.175. The van der Waals surface area contributed by atoms with Gasteiger partial charge in [-0.2, -0.15) is 0 Å². The van der Waals surface area contributed by atoms with Gasteiger partial charge >= 0.3 is 18.0 Å². The van der Waals surface area contributed by atoms with Crippen LogP contribution in [0.3, 0.4) is 0 Å². The van der Waals surface area contributed by atoms with Crippen LogP contribution in [0.4, 0.5) is 15.5 Å². The Kier molecular flexibility index (Phi) is 7.37. The maximum Gasteiger partial charge on any atom is 0.358 e. The summed E-state index contributed by atoms with van der Waals surface area (Å²) < 4.78 is 10.3. The Morgan fingerprint density at radius 1 is 1.16 bits per heavy atom. The normalized spacial score (nSPS) is 19.6. The Balaban J connectivity index is 1.56. The molecule has 2 aromatic rings. The highest BCUT2D eigenvalue weighted by Gasteiger charge is 2.57. The van der Waals surface area contributed by atoms with E-state index in [1.54, 1.807) is 58.0 Å². The Morgan fingerprint density at radius 3 is 2.57 bits per heavy atom. The van der Waals surface area contributed by atoms with Gasteiger partial charge in [0.2, 0.25) is 12.7 Å². The second-order valence-corrected chi connectivity index (χ2v) is 10.9. The number of ether oxygens (including phenoxy) is 2. The van der Waals surface area contributed by atoms with Crippen LogP contribution in [0.25, 0.3) is 5.57 Å². The number of aliphatic hydroxyl groups is 1. The van der Waals surface area contributed by atoms with E-state index in [2.05, 4.69) is 10.6 Å². The molecule has 3 N–H and O–H groups in total. The second-order valence-electron chi connectivity index (χ2n) is 9.94. The van der Waals surface area contributed by atoms with Crippen molar-refractivity contribution in [1.82, 2.24) is 4.90 Å².